The van der Waals surface area contributed by atoms with Crippen LogP contribution in [0.1, 0.15) is 29.0 Å². The quantitative estimate of drug-likeness (QED) is 0.389. The highest BCUT2D eigenvalue weighted by Crippen LogP contribution is 2.27. The van der Waals surface area contributed by atoms with E-state index in [0.717, 1.165) is 50.1 Å². The molecule has 6 rings (SSSR count). The fourth-order valence-electron chi connectivity index (χ4n) is 5.47. The number of ether oxygens (including phenoxy) is 1. The molecule has 0 aliphatic carbocycles. The molecule has 188 valence electrons. The van der Waals surface area contributed by atoms with Crippen molar-refractivity contribution < 1.29 is 13.9 Å². The molecular weight excluding hydrogens is 452 g/mol. The zero-order chi connectivity index (χ0) is 24.3. The van der Waals surface area contributed by atoms with Crippen LogP contribution in [0.25, 0.3) is 21.9 Å². The van der Waals surface area contributed by atoms with Crippen LogP contribution < -0.4 is 4.90 Å². The monoisotopic (exact) mass is 486 g/mol. The summed E-state index contributed by atoms with van der Waals surface area (Å²) in [5.41, 5.74) is 4.63. The van der Waals surface area contributed by atoms with Crippen molar-refractivity contribution in [3.8, 4) is 0 Å². The lowest BCUT2D eigenvalue weighted by Crippen LogP contribution is -2.46. The number of rotatable bonds is 7. The van der Waals surface area contributed by atoms with Crippen molar-refractivity contribution >= 4 is 33.5 Å². The van der Waals surface area contributed by atoms with Crippen molar-refractivity contribution in [2.75, 3.05) is 63.9 Å². The maximum atomic E-state index is 12.8. The van der Waals surface area contributed by atoms with Gasteiger partial charge in [-0.3, -0.25) is 9.69 Å². The number of carbonyl (C=O) groups excluding carboxylic acids is 1. The van der Waals surface area contributed by atoms with Gasteiger partial charge in [0.25, 0.3) is 5.91 Å². The van der Waals surface area contributed by atoms with E-state index in [9.17, 15) is 4.79 Å². The molecule has 0 atom stereocenters. The van der Waals surface area contributed by atoms with Gasteiger partial charge in [0.05, 0.1) is 13.2 Å². The van der Waals surface area contributed by atoms with Gasteiger partial charge in [-0.2, -0.15) is 0 Å². The molecule has 2 saturated heterocycles. The maximum absolute atomic E-state index is 12.8. The molecule has 0 spiro atoms. The first-order valence-electron chi connectivity index (χ1n) is 13.2. The van der Waals surface area contributed by atoms with E-state index < -0.39 is 0 Å². The SMILES string of the molecule is O=C(c1cc2cc(N3CCN(CCCCc4c[nH]c5ccccc45)CC3)ccc2o1)N1CCOCC1. The first-order chi connectivity index (χ1) is 17.7. The smallest absolute Gasteiger partial charge is 0.289 e. The minimum Gasteiger partial charge on any atom is -0.451 e. The summed E-state index contributed by atoms with van der Waals surface area (Å²) in [6.07, 6.45) is 5.73. The molecule has 0 unspecified atom stereocenters. The van der Waals surface area contributed by atoms with Gasteiger partial charge < -0.3 is 23.9 Å². The topological polar surface area (TPSA) is 65.0 Å². The summed E-state index contributed by atoms with van der Waals surface area (Å²) in [5.74, 6) is 0.371. The van der Waals surface area contributed by atoms with E-state index in [2.05, 4.69) is 57.4 Å². The van der Waals surface area contributed by atoms with Crippen LogP contribution in [0.3, 0.4) is 0 Å². The Balaban J connectivity index is 0.995. The fourth-order valence-corrected chi connectivity index (χ4v) is 5.47. The van der Waals surface area contributed by atoms with Gasteiger partial charge in [-0.25, -0.2) is 0 Å². The molecule has 2 aliphatic rings. The molecule has 7 nitrogen and oxygen atoms in total. The highest BCUT2D eigenvalue weighted by atomic mass is 16.5. The van der Waals surface area contributed by atoms with E-state index >= 15 is 0 Å². The number of benzene rings is 2. The van der Waals surface area contributed by atoms with Crippen molar-refractivity contribution in [3.05, 3.63) is 66.1 Å². The Bertz CT molecular complexity index is 1330. The Hall–Kier alpha value is -3.29. The van der Waals surface area contributed by atoms with Gasteiger partial charge in [0, 0.05) is 67.4 Å². The average molecular weight is 487 g/mol. The molecule has 2 aromatic heterocycles. The van der Waals surface area contributed by atoms with Gasteiger partial charge in [-0.1, -0.05) is 18.2 Å². The molecule has 7 heteroatoms. The number of piperazine rings is 1. The molecule has 4 aromatic rings. The average Bonchev–Trinajstić information content (AvgIpc) is 3.55. The fraction of sp³-hybridized carbons (Fsp3) is 0.414. The summed E-state index contributed by atoms with van der Waals surface area (Å²) in [5, 5.41) is 2.35. The van der Waals surface area contributed by atoms with Crippen molar-refractivity contribution in [2.24, 2.45) is 0 Å². The molecule has 36 heavy (non-hydrogen) atoms. The number of hydrogen-bond acceptors (Lipinski definition) is 5. The van der Waals surface area contributed by atoms with Crippen LogP contribution in [0.5, 0.6) is 0 Å². The number of furan rings is 1. The van der Waals surface area contributed by atoms with Crippen molar-refractivity contribution in [1.82, 2.24) is 14.8 Å². The van der Waals surface area contributed by atoms with E-state index in [1.807, 2.05) is 17.0 Å². The third kappa shape index (κ3) is 4.86. The van der Waals surface area contributed by atoms with Crippen LogP contribution in [-0.4, -0.2) is 79.7 Å². The van der Waals surface area contributed by atoms with E-state index in [1.54, 1.807) is 0 Å². The number of carbonyl (C=O) groups is 1. The number of aromatic nitrogens is 1. The second-order valence-corrected chi connectivity index (χ2v) is 9.88. The van der Waals surface area contributed by atoms with E-state index in [4.69, 9.17) is 9.15 Å². The van der Waals surface area contributed by atoms with Gasteiger partial charge in [-0.05, 0) is 61.7 Å². The molecule has 0 saturated carbocycles. The second-order valence-electron chi connectivity index (χ2n) is 9.88. The number of fused-ring (bicyclic) bond motifs is 2. The largest absolute Gasteiger partial charge is 0.451 e. The Labute approximate surface area is 211 Å². The number of morpholine rings is 1. The number of H-pyrrole nitrogens is 1. The summed E-state index contributed by atoms with van der Waals surface area (Å²) in [4.78, 5) is 23.0. The second kappa shape index (κ2) is 10.4. The number of nitrogens with zero attached hydrogens (tertiary/aromatic N) is 3. The minimum atomic E-state index is -0.0469. The Morgan fingerprint density at radius 3 is 2.61 bits per heavy atom. The summed E-state index contributed by atoms with van der Waals surface area (Å²) >= 11 is 0. The van der Waals surface area contributed by atoms with Gasteiger partial charge in [-0.15, -0.1) is 0 Å². The normalized spacial score (nSPS) is 17.3. The summed E-state index contributed by atoms with van der Waals surface area (Å²) in [7, 11) is 0. The van der Waals surface area contributed by atoms with Crippen LogP contribution in [0.2, 0.25) is 0 Å². The standard InChI is InChI=1S/C29H34N4O3/c34-29(33-15-17-35-18-16-33)28-20-23-19-24(8-9-27(23)36-28)32-13-11-31(12-14-32)10-4-3-5-22-21-30-26-7-2-1-6-25(22)26/h1-2,6-9,19-21,30H,3-5,10-18H2. The van der Waals surface area contributed by atoms with Gasteiger partial charge in [0.1, 0.15) is 5.58 Å². The molecule has 2 aliphatic heterocycles. The maximum Gasteiger partial charge on any atom is 0.289 e. The predicted molar refractivity (Wildman–Crippen MR) is 143 cm³/mol. The molecule has 4 heterocycles. The van der Waals surface area contributed by atoms with Crippen molar-refractivity contribution in [2.45, 2.75) is 19.3 Å². The Morgan fingerprint density at radius 2 is 1.75 bits per heavy atom. The first kappa shape index (κ1) is 23.1. The summed E-state index contributed by atoms with van der Waals surface area (Å²) < 4.78 is 11.2. The van der Waals surface area contributed by atoms with E-state index in [1.165, 1.54) is 35.0 Å². The lowest BCUT2D eigenvalue weighted by atomic mass is 10.1. The van der Waals surface area contributed by atoms with Crippen molar-refractivity contribution in [1.29, 1.82) is 0 Å². The molecule has 0 bridgehead atoms. The lowest BCUT2D eigenvalue weighted by Gasteiger charge is -2.36. The molecule has 1 N–H and O–H groups in total. The third-order valence-corrected chi connectivity index (χ3v) is 7.59. The number of aromatic amines is 1. The summed E-state index contributed by atoms with van der Waals surface area (Å²) in [6.45, 7) is 7.77. The first-order valence-corrected chi connectivity index (χ1v) is 13.2. The van der Waals surface area contributed by atoms with Gasteiger partial charge in [0.2, 0.25) is 0 Å². The van der Waals surface area contributed by atoms with Crippen LogP contribution >= 0.6 is 0 Å². The van der Waals surface area contributed by atoms with Crippen LogP contribution in [0.15, 0.2) is 59.1 Å². The third-order valence-electron chi connectivity index (χ3n) is 7.59. The summed E-state index contributed by atoms with van der Waals surface area (Å²) in [6, 6.07) is 16.7. The van der Waals surface area contributed by atoms with Gasteiger partial charge >= 0.3 is 0 Å². The van der Waals surface area contributed by atoms with E-state index in [0.29, 0.717) is 32.1 Å². The molecule has 0 radical (unpaired) electrons. The highest BCUT2D eigenvalue weighted by Gasteiger charge is 2.23. The van der Waals surface area contributed by atoms with Crippen molar-refractivity contribution in [3.63, 3.8) is 0 Å². The number of aryl methyl sites for hydroxylation is 1. The molecule has 1 amide bonds. The van der Waals surface area contributed by atoms with E-state index in [-0.39, 0.29) is 5.91 Å². The van der Waals surface area contributed by atoms with Crippen LogP contribution in [-0.2, 0) is 11.2 Å². The lowest BCUT2D eigenvalue weighted by molar-refractivity contribution is 0.0284. The molecule has 2 fully saturated rings. The number of nitrogens with one attached hydrogen (secondary N) is 1. The minimum absolute atomic E-state index is 0.0469. The molecule has 2 aromatic carbocycles. The van der Waals surface area contributed by atoms with Gasteiger partial charge in [0.15, 0.2) is 5.76 Å². The van der Waals surface area contributed by atoms with Crippen LogP contribution in [0, 0.1) is 0 Å². The zero-order valence-electron chi connectivity index (χ0n) is 20.7. The highest BCUT2D eigenvalue weighted by molar-refractivity contribution is 5.96. The Morgan fingerprint density at radius 1 is 0.917 bits per heavy atom. The predicted octanol–water partition coefficient (Wildman–Crippen LogP) is 4.53. The number of hydrogen-bond donors (Lipinski definition) is 1. The zero-order valence-corrected chi connectivity index (χ0v) is 20.7. The Kier molecular flexibility index (Phi) is 6.66. The number of unbranched alkanes of at least 4 members (excludes halogenated alkanes) is 1. The molecular formula is C29H34N4O3. The number of para-hydroxylation sites is 1. The number of anilines is 1. The number of amides is 1. The van der Waals surface area contributed by atoms with Crippen LogP contribution in [0.4, 0.5) is 5.69 Å².